The van der Waals surface area contributed by atoms with Crippen molar-refractivity contribution in [2.24, 2.45) is 0 Å². The minimum absolute atomic E-state index is 0. The van der Waals surface area contributed by atoms with Gasteiger partial charge in [0.2, 0.25) is 0 Å². The predicted molar refractivity (Wildman–Crippen MR) is 101 cm³/mol. The smallest absolute Gasteiger partial charge is 0.292 e. The van der Waals surface area contributed by atoms with Crippen LogP contribution in [0.3, 0.4) is 0 Å². The van der Waals surface area contributed by atoms with Crippen molar-refractivity contribution < 1.29 is 13.9 Å². The lowest BCUT2D eigenvalue weighted by molar-refractivity contribution is -0.103. The van der Waals surface area contributed by atoms with Crippen molar-refractivity contribution in [2.75, 3.05) is 33.3 Å². The first-order valence-electron chi connectivity index (χ1n) is 8.67. The van der Waals surface area contributed by atoms with Crippen molar-refractivity contribution in [2.45, 2.75) is 25.5 Å². The fourth-order valence-corrected chi connectivity index (χ4v) is 3.79. The lowest BCUT2D eigenvalue weighted by Crippen LogP contribution is -2.54. The molecule has 0 radical (unpaired) electrons. The second kappa shape index (κ2) is 7.02. The van der Waals surface area contributed by atoms with Gasteiger partial charge in [0.1, 0.15) is 11.3 Å². The topological polar surface area (TPSA) is 63.0 Å². The Balaban J connectivity index is 0.00000196. The van der Waals surface area contributed by atoms with Crippen LogP contribution in [-0.4, -0.2) is 54.7 Å². The average Bonchev–Trinajstić information content (AvgIpc) is 3.01. The van der Waals surface area contributed by atoms with E-state index < -0.39 is 5.72 Å². The van der Waals surface area contributed by atoms with Crippen molar-refractivity contribution in [1.82, 2.24) is 9.80 Å². The first-order valence-corrected chi connectivity index (χ1v) is 8.67. The number of fused-ring (bicyclic) bond motifs is 1. The summed E-state index contributed by atoms with van der Waals surface area (Å²) in [6, 6.07) is 6.71. The Bertz CT molecular complexity index is 887. The summed E-state index contributed by atoms with van der Waals surface area (Å²) < 4.78 is 11.7. The Labute approximate surface area is 158 Å². The number of likely N-dealkylation sites (tertiary alicyclic amines) is 1. The van der Waals surface area contributed by atoms with E-state index in [-0.39, 0.29) is 29.5 Å². The molecule has 1 aromatic heterocycles. The molecule has 140 valence electrons. The van der Waals surface area contributed by atoms with Gasteiger partial charge in [-0.25, -0.2) is 0 Å². The van der Waals surface area contributed by atoms with Crippen LogP contribution < -0.4 is 5.43 Å². The van der Waals surface area contributed by atoms with E-state index in [1.165, 1.54) is 6.07 Å². The van der Waals surface area contributed by atoms with Gasteiger partial charge >= 0.3 is 0 Å². The molecule has 2 aromatic rings. The van der Waals surface area contributed by atoms with E-state index in [0.29, 0.717) is 24.1 Å². The minimum atomic E-state index is -0.565. The quantitative estimate of drug-likeness (QED) is 0.762. The molecule has 3 heterocycles. The second-order valence-electron chi connectivity index (χ2n) is 7.03. The van der Waals surface area contributed by atoms with E-state index in [1.807, 2.05) is 13.0 Å². The number of carbonyl (C=O) groups is 1. The summed E-state index contributed by atoms with van der Waals surface area (Å²) in [6.45, 7) is 4.73. The Morgan fingerprint density at radius 2 is 1.88 bits per heavy atom. The molecule has 26 heavy (non-hydrogen) atoms. The first-order chi connectivity index (χ1) is 12.0. The van der Waals surface area contributed by atoms with E-state index >= 15 is 0 Å². The number of amides is 1. The highest BCUT2D eigenvalue weighted by Crippen LogP contribution is 2.35. The van der Waals surface area contributed by atoms with Gasteiger partial charge in [-0.1, -0.05) is 11.6 Å². The molecular weight excluding hydrogens is 356 g/mol. The van der Waals surface area contributed by atoms with E-state index in [0.717, 1.165) is 31.5 Å². The lowest BCUT2D eigenvalue weighted by atomic mass is 9.99. The maximum atomic E-state index is 13.1. The molecular formula is C19H23ClN2O4. The average molecular weight is 379 g/mol. The number of piperidine rings is 1. The van der Waals surface area contributed by atoms with Crippen LogP contribution >= 0.6 is 12.4 Å². The largest absolute Gasteiger partial charge is 0.451 e. The number of ether oxygens (including phenoxy) is 1. The summed E-state index contributed by atoms with van der Waals surface area (Å²) in [5.74, 6) is -0.174. The van der Waals surface area contributed by atoms with Gasteiger partial charge in [0.15, 0.2) is 11.2 Å². The van der Waals surface area contributed by atoms with Gasteiger partial charge in [0.05, 0.1) is 12.0 Å². The van der Waals surface area contributed by atoms with Crippen LogP contribution in [0.15, 0.2) is 33.5 Å². The Kier molecular flexibility index (Phi) is 5.10. The molecule has 7 heteroatoms. The number of benzene rings is 1. The van der Waals surface area contributed by atoms with Crippen LogP contribution in [0.2, 0.25) is 0 Å². The highest BCUT2D eigenvalue weighted by atomic mass is 35.5. The van der Waals surface area contributed by atoms with Gasteiger partial charge in [-0.2, -0.15) is 0 Å². The molecule has 0 saturated carbocycles. The molecule has 0 aliphatic carbocycles. The van der Waals surface area contributed by atoms with Crippen LogP contribution in [0.5, 0.6) is 0 Å². The van der Waals surface area contributed by atoms with Crippen molar-refractivity contribution in [3.05, 3.63) is 45.8 Å². The zero-order chi connectivity index (χ0) is 17.6. The standard InChI is InChI=1S/C19H22N2O4.ClH/c1-13-3-4-16-14(11-13)15(22)12-17(25-16)18(23)21-9-10-24-19(21)5-7-20(2)8-6-19;/h3-4,11-12H,5-10H2,1-2H3;1H. The molecule has 0 N–H and O–H groups in total. The van der Waals surface area contributed by atoms with Crippen LogP contribution in [0.1, 0.15) is 29.0 Å². The van der Waals surface area contributed by atoms with Crippen molar-refractivity contribution in [1.29, 1.82) is 0 Å². The third-order valence-corrected chi connectivity index (χ3v) is 5.28. The lowest BCUT2D eigenvalue weighted by Gasteiger charge is -2.42. The van der Waals surface area contributed by atoms with Gasteiger partial charge in [0.25, 0.3) is 5.91 Å². The molecule has 1 amide bonds. The molecule has 0 unspecified atom stereocenters. The fourth-order valence-electron chi connectivity index (χ4n) is 3.79. The van der Waals surface area contributed by atoms with E-state index in [2.05, 4.69) is 11.9 Å². The van der Waals surface area contributed by atoms with Crippen LogP contribution in [-0.2, 0) is 4.74 Å². The number of halogens is 1. The summed E-state index contributed by atoms with van der Waals surface area (Å²) in [5, 5.41) is 0.503. The molecule has 2 aliphatic heterocycles. The molecule has 2 saturated heterocycles. The number of carbonyl (C=O) groups excluding carboxylic acids is 1. The van der Waals surface area contributed by atoms with Crippen molar-refractivity contribution >= 4 is 29.3 Å². The molecule has 2 aliphatic rings. The van der Waals surface area contributed by atoms with Crippen LogP contribution in [0.4, 0.5) is 0 Å². The molecule has 0 atom stereocenters. The third-order valence-electron chi connectivity index (χ3n) is 5.28. The highest BCUT2D eigenvalue weighted by Gasteiger charge is 2.47. The first kappa shape index (κ1) is 18.9. The third kappa shape index (κ3) is 3.13. The number of nitrogens with zero attached hydrogens (tertiary/aromatic N) is 2. The zero-order valence-electron chi connectivity index (χ0n) is 15.0. The predicted octanol–water partition coefficient (Wildman–Crippen LogP) is 2.42. The van der Waals surface area contributed by atoms with Crippen molar-refractivity contribution in [3.63, 3.8) is 0 Å². The molecule has 1 aromatic carbocycles. The van der Waals surface area contributed by atoms with Crippen LogP contribution in [0, 0.1) is 6.92 Å². The van der Waals surface area contributed by atoms with Gasteiger partial charge in [0, 0.05) is 38.5 Å². The van der Waals surface area contributed by atoms with E-state index in [1.54, 1.807) is 17.0 Å². The van der Waals surface area contributed by atoms with E-state index in [4.69, 9.17) is 9.15 Å². The van der Waals surface area contributed by atoms with E-state index in [9.17, 15) is 9.59 Å². The highest BCUT2D eigenvalue weighted by molar-refractivity contribution is 5.93. The monoisotopic (exact) mass is 378 g/mol. The maximum Gasteiger partial charge on any atom is 0.292 e. The number of aryl methyl sites for hydroxylation is 1. The summed E-state index contributed by atoms with van der Waals surface area (Å²) in [7, 11) is 2.07. The van der Waals surface area contributed by atoms with Gasteiger partial charge in [-0.3, -0.25) is 9.59 Å². The van der Waals surface area contributed by atoms with Gasteiger partial charge in [-0.05, 0) is 26.1 Å². The molecule has 1 spiro atoms. The SMILES string of the molecule is Cc1ccc2oc(C(=O)N3CCOC34CCN(C)CC4)cc(=O)c2c1.Cl. The summed E-state index contributed by atoms with van der Waals surface area (Å²) in [5.41, 5.74) is 0.673. The molecule has 0 bridgehead atoms. The molecule has 4 rings (SSSR count). The normalized spacial score (nSPS) is 19.7. The fraction of sp³-hybridized carbons (Fsp3) is 0.474. The zero-order valence-corrected chi connectivity index (χ0v) is 15.8. The Morgan fingerprint density at radius 3 is 2.62 bits per heavy atom. The number of hydrogen-bond donors (Lipinski definition) is 0. The van der Waals surface area contributed by atoms with Crippen LogP contribution in [0.25, 0.3) is 11.0 Å². The van der Waals surface area contributed by atoms with Gasteiger partial charge < -0.3 is 19.0 Å². The number of hydrogen-bond acceptors (Lipinski definition) is 5. The second-order valence-corrected chi connectivity index (χ2v) is 7.03. The molecule has 6 nitrogen and oxygen atoms in total. The minimum Gasteiger partial charge on any atom is -0.451 e. The number of rotatable bonds is 1. The summed E-state index contributed by atoms with van der Waals surface area (Å²) in [6.07, 6.45) is 1.54. The summed E-state index contributed by atoms with van der Waals surface area (Å²) >= 11 is 0. The van der Waals surface area contributed by atoms with Crippen molar-refractivity contribution in [3.8, 4) is 0 Å². The Hall–Kier alpha value is -1.89. The summed E-state index contributed by atoms with van der Waals surface area (Å²) in [4.78, 5) is 29.5. The Morgan fingerprint density at radius 1 is 1.15 bits per heavy atom. The maximum absolute atomic E-state index is 13.1. The molecule has 2 fully saturated rings. The van der Waals surface area contributed by atoms with Gasteiger partial charge in [-0.15, -0.1) is 12.4 Å².